The standard InChI is InChI=1S/C38H23BOSe.2C38H25BSe2/c1-2-11-24(12-3-1)36-26-13-4-6-15-28(26)37(29-16-7-5-14-27(29)36)25-21-22-32-31(23-25)39-30-17-8-9-19-34(30)41-35-20-10-18-33(40-32)38(35)39;40-34-24-26(22-23-31(34)39-32-18-8-10-20-35(32)41-36-21-11-9-19-33(36)39)38-29-16-6-4-14-27(29)37(25-12-2-1-3-13-25)28-15-5-7-17-30(28)38;40-34-23-22-26(24-33(34)39-31-18-8-10-20-35(31)41-36-21-11-9-19-32(36)39)38-29-16-6-4-14-27(29)37(25-12-2-1-3-13-25)28-15-5-7-17-30(28)38/h1-23H;2*1-24,40H. The molecule has 9 heteroatoms. The molecule has 0 radical (unpaired) electrons. The average Bonchev–Trinajstić information content (AvgIpc) is 0.695. The molecule has 0 N–H and O–H groups in total. The number of hydrogen-bond acceptors (Lipinski definition) is 1. The van der Waals surface area contributed by atoms with Crippen LogP contribution in [0.25, 0.3) is 131 Å². The molecular weight excluding hydrogens is 1810 g/mol. The fraction of sp³-hybridized carbons (Fsp3) is 0. The van der Waals surface area contributed by atoms with E-state index in [1.54, 1.807) is 0 Å². The number of rotatable bonds is 8. The fourth-order valence-electron chi connectivity index (χ4n) is 20.0. The van der Waals surface area contributed by atoms with E-state index in [1.807, 2.05) is 0 Å². The first kappa shape index (κ1) is 75.7. The van der Waals surface area contributed by atoms with Gasteiger partial charge in [0.15, 0.2) is 0 Å². The van der Waals surface area contributed by atoms with Gasteiger partial charge in [0.05, 0.1) is 0 Å². The van der Waals surface area contributed by atoms with Gasteiger partial charge in [-0.25, -0.2) is 0 Å². The van der Waals surface area contributed by atoms with Gasteiger partial charge in [-0.1, -0.05) is 18.2 Å². The minimum absolute atomic E-state index is 0.179. The summed E-state index contributed by atoms with van der Waals surface area (Å²) in [6, 6.07) is 159. The second kappa shape index (κ2) is 32.2. The molecule has 0 spiro atoms. The number of fused-ring (bicyclic) bond motifs is 14. The minimum atomic E-state index is 0.179. The summed E-state index contributed by atoms with van der Waals surface area (Å²) in [5, 5.41) is 15.4. The van der Waals surface area contributed by atoms with Gasteiger partial charge >= 0.3 is 742 Å². The first-order valence-electron chi connectivity index (χ1n) is 42.0. The van der Waals surface area contributed by atoms with E-state index in [0.29, 0.717) is 29.9 Å². The minimum Gasteiger partial charge on any atom is -0.0617 e. The monoisotopic (exact) mass is 1890 g/mol. The van der Waals surface area contributed by atoms with Gasteiger partial charge in [0.2, 0.25) is 0 Å². The van der Waals surface area contributed by atoms with Crippen LogP contribution in [0.15, 0.2) is 431 Å². The molecule has 0 saturated carbocycles. The van der Waals surface area contributed by atoms with Gasteiger partial charge in [0, 0.05) is 0 Å². The van der Waals surface area contributed by atoms with Crippen LogP contribution in [0.2, 0.25) is 0 Å². The maximum absolute atomic E-state index is 6.59. The topological polar surface area (TPSA) is 9.23 Å². The number of ether oxygens (including phenoxy) is 1. The Hall–Kier alpha value is -12.2. The quantitative estimate of drug-likeness (QED) is 0.109. The van der Waals surface area contributed by atoms with Gasteiger partial charge < -0.3 is 0 Å². The van der Waals surface area contributed by atoms with Crippen molar-refractivity contribution in [1.82, 2.24) is 0 Å². The Morgan fingerprint density at radius 1 is 0.171 bits per heavy atom. The second-order valence-corrected chi connectivity index (χ2v) is 40.8. The SMILES string of the molecule is [SeH]c1cc(-c2c3ccccc3c(-c3ccccc3)c3ccccc23)ccc1B1c2ccccc2[Se]c2ccccc21.[SeH]c1ccc(-c2c3ccccc3c(-c3ccccc3)c3ccccc23)cc1B1c2ccccc2[Se]c2ccccc21.c1ccc(-c2c3ccccc3c(-c3ccc4c(c3)B3c5ccccc5[Se]c5cccc(c53)O4)c3ccccc23)cc1. The molecule has 0 amide bonds. The Morgan fingerprint density at radius 3 is 0.797 bits per heavy atom. The van der Waals surface area contributed by atoms with Crippen LogP contribution in [0, 0.1) is 0 Å². The molecule has 0 saturated heterocycles. The molecule has 25 rings (SSSR count). The summed E-state index contributed by atoms with van der Waals surface area (Å²) < 4.78 is 18.0. The van der Waals surface area contributed by atoms with Crippen LogP contribution in [0.5, 0.6) is 11.5 Å². The Kier molecular flexibility index (Phi) is 19.8. The fourth-order valence-corrected chi connectivity index (χ4v) is 28.5. The van der Waals surface area contributed by atoms with E-state index in [9.17, 15) is 0 Å². The molecular formula is C114H73B3OSe5. The van der Waals surface area contributed by atoms with E-state index in [2.05, 4.69) is 463 Å². The van der Waals surface area contributed by atoms with Crippen molar-refractivity contribution in [3.05, 3.63) is 431 Å². The molecule has 1 nitrogen and oxygen atoms in total. The summed E-state index contributed by atoms with van der Waals surface area (Å²) in [5.74, 6) is 1.97. The molecule has 0 bridgehead atoms. The predicted octanol–water partition coefficient (Wildman–Crippen LogP) is 14.6. The van der Waals surface area contributed by atoms with Crippen molar-refractivity contribution < 1.29 is 4.74 Å². The Bertz CT molecular complexity index is 7330. The first-order chi connectivity index (χ1) is 60.9. The van der Waals surface area contributed by atoms with Crippen molar-refractivity contribution in [3.8, 4) is 78.3 Å². The molecule has 0 aromatic heterocycles. The normalized spacial score (nSPS) is 12.6. The van der Waals surface area contributed by atoms with Crippen molar-refractivity contribution in [2.24, 2.45) is 0 Å². The van der Waals surface area contributed by atoms with Crippen molar-refractivity contribution >= 4 is 247 Å². The molecule has 123 heavy (non-hydrogen) atoms. The molecule has 0 atom stereocenters. The zero-order valence-corrected chi connectivity index (χ0v) is 75.6. The zero-order chi connectivity index (χ0) is 81.6. The molecule has 4 aliphatic rings. The summed E-state index contributed by atoms with van der Waals surface area (Å²) >= 11 is 6.67. The third-order valence-electron chi connectivity index (χ3n) is 25.2. The molecule has 574 valence electrons. The van der Waals surface area contributed by atoms with Crippen molar-refractivity contribution in [3.63, 3.8) is 0 Å². The molecule has 21 aromatic carbocycles. The van der Waals surface area contributed by atoms with Crippen LogP contribution >= 0.6 is 0 Å². The third-order valence-corrected chi connectivity index (χ3v) is 34.3. The van der Waals surface area contributed by atoms with Gasteiger partial charge in [-0.15, -0.1) is 0 Å². The summed E-state index contributed by atoms with van der Waals surface area (Å²) in [4.78, 5) is 0. The van der Waals surface area contributed by atoms with Crippen LogP contribution in [0.4, 0.5) is 0 Å². The molecule has 0 aliphatic carbocycles. The van der Waals surface area contributed by atoms with E-state index in [1.165, 1.54) is 216 Å². The second-order valence-electron chi connectivity index (χ2n) is 32.0. The van der Waals surface area contributed by atoms with Crippen LogP contribution in [0.1, 0.15) is 0 Å². The van der Waals surface area contributed by atoms with Crippen molar-refractivity contribution in [2.45, 2.75) is 0 Å². The third kappa shape index (κ3) is 13.3. The van der Waals surface area contributed by atoms with Crippen molar-refractivity contribution in [2.75, 3.05) is 0 Å². The average molecular weight is 1890 g/mol. The van der Waals surface area contributed by atoms with Gasteiger partial charge in [-0.05, 0) is 0 Å². The van der Waals surface area contributed by atoms with Gasteiger partial charge in [-0.2, -0.15) is 0 Å². The van der Waals surface area contributed by atoms with E-state index in [-0.39, 0.29) is 35.1 Å². The number of benzene rings is 21. The van der Waals surface area contributed by atoms with E-state index >= 15 is 0 Å². The molecule has 21 aromatic rings. The van der Waals surface area contributed by atoms with Gasteiger partial charge in [-0.3, -0.25) is 0 Å². The van der Waals surface area contributed by atoms with Crippen molar-refractivity contribution in [1.29, 1.82) is 0 Å². The van der Waals surface area contributed by atoms with Crippen LogP contribution in [0.3, 0.4) is 0 Å². The summed E-state index contributed by atoms with van der Waals surface area (Å²) in [5.41, 5.74) is 27.9. The van der Waals surface area contributed by atoms with Gasteiger partial charge in [0.1, 0.15) is 0 Å². The van der Waals surface area contributed by atoms with E-state index in [0.717, 1.165) is 11.5 Å². The van der Waals surface area contributed by atoms with Crippen LogP contribution in [-0.4, -0.2) is 97.0 Å². The van der Waals surface area contributed by atoms with Gasteiger partial charge in [0.25, 0.3) is 0 Å². The Balaban J connectivity index is 0.000000107. The number of hydrogen-bond donors (Lipinski definition) is 0. The molecule has 0 fully saturated rings. The molecule has 0 unspecified atom stereocenters. The Morgan fingerprint density at radius 2 is 0.439 bits per heavy atom. The van der Waals surface area contributed by atoms with E-state index < -0.39 is 0 Å². The zero-order valence-electron chi connectivity index (χ0n) is 66.8. The van der Waals surface area contributed by atoms with E-state index in [4.69, 9.17) is 4.74 Å². The maximum atomic E-state index is 6.59. The molecule has 4 aliphatic heterocycles. The predicted molar refractivity (Wildman–Crippen MR) is 538 cm³/mol. The molecule has 4 heterocycles. The van der Waals surface area contributed by atoms with Crippen LogP contribution < -0.4 is 89.6 Å². The Labute approximate surface area is 753 Å². The summed E-state index contributed by atoms with van der Waals surface area (Å²) in [6.45, 7) is 0.647. The summed E-state index contributed by atoms with van der Waals surface area (Å²) in [7, 11) is 0. The first-order valence-corrected chi connectivity index (χ1v) is 49.0. The smallest absolute Gasteiger partial charge is 0.0617 e. The summed E-state index contributed by atoms with van der Waals surface area (Å²) in [6.07, 6.45) is 0. The van der Waals surface area contributed by atoms with Crippen LogP contribution in [-0.2, 0) is 0 Å².